The van der Waals surface area contributed by atoms with Crippen molar-refractivity contribution >= 4 is 5.91 Å². The summed E-state index contributed by atoms with van der Waals surface area (Å²) < 4.78 is 13.5. The number of benzene rings is 2. The van der Waals surface area contributed by atoms with Gasteiger partial charge in [-0.05, 0) is 22.8 Å². The molecule has 1 N–H and O–H groups in total. The van der Waals surface area contributed by atoms with Gasteiger partial charge in [0.15, 0.2) is 0 Å². The fraction of sp³-hybridized carbons (Fsp3) is 0.263. The van der Waals surface area contributed by atoms with E-state index in [1.807, 2.05) is 24.3 Å². The third kappa shape index (κ3) is 4.30. The first-order valence-corrected chi connectivity index (χ1v) is 8.41. The molecule has 0 radical (unpaired) electrons. The van der Waals surface area contributed by atoms with E-state index in [-0.39, 0.29) is 24.8 Å². The van der Waals surface area contributed by atoms with Crippen LogP contribution in [0.15, 0.2) is 48.5 Å². The van der Waals surface area contributed by atoms with Gasteiger partial charge in [-0.3, -0.25) is 4.79 Å². The van der Waals surface area contributed by atoms with Crippen LogP contribution < -0.4 is 5.32 Å². The number of halogens is 1. The molecule has 1 amide bonds. The number of amides is 1. The molecule has 0 aliphatic rings. The van der Waals surface area contributed by atoms with Crippen LogP contribution in [0.3, 0.4) is 0 Å². The first-order valence-electron chi connectivity index (χ1n) is 8.41. The monoisotopic (exact) mass is 353 g/mol. The molecule has 134 valence electrons. The van der Waals surface area contributed by atoms with Crippen molar-refractivity contribution in [3.8, 4) is 11.4 Å². The van der Waals surface area contributed by atoms with Gasteiger partial charge in [-0.15, -0.1) is 10.2 Å². The minimum absolute atomic E-state index is 0.0778. The second-order valence-electron chi connectivity index (χ2n) is 6.29. The third-order valence-corrected chi connectivity index (χ3v) is 4.01. The Hall–Kier alpha value is -3.09. The van der Waals surface area contributed by atoms with Gasteiger partial charge >= 0.3 is 0 Å². The summed E-state index contributed by atoms with van der Waals surface area (Å²) in [5.74, 6) is 0.249. The summed E-state index contributed by atoms with van der Waals surface area (Å²) in [5, 5.41) is 14.8. The lowest BCUT2D eigenvalue weighted by Gasteiger charge is -2.05. The van der Waals surface area contributed by atoms with E-state index in [0.717, 1.165) is 5.56 Å². The van der Waals surface area contributed by atoms with Gasteiger partial charge in [0, 0.05) is 17.7 Å². The van der Waals surface area contributed by atoms with E-state index in [9.17, 15) is 9.18 Å². The minimum atomic E-state index is -0.348. The molecule has 0 fully saturated rings. The van der Waals surface area contributed by atoms with Crippen molar-refractivity contribution in [2.45, 2.75) is 32.9 Å². The summed E-state index contributed by atoms with van der Waals surface area (Å²) >= 11 is 0. The van der Waals surface area contributed by atoms with Gasteiger partial charge in [-0.1, -0.05) is 56.3 Å². The van der Waals surface area contributed by atoms with E-state index in [0.29, 0.717) is 17.3 Å². The van der Waals surface area contributed by atoms with Crippen molar-refractivity contribution in [3.63, 3.8) is 0 Å². The molecule has 0 bridgehead atoms. The SMILES string of the molecule is CC(C)c1ccc(-c2nnn(CC(=O)NCc3ccccc3F)n2)cc1. The fourth-order valence-corrected chi connectivity index (χ4v) is 2.46. The van der Waals surface area contributed by atoms with E-state index in [1.165, 1.54) is 16.4 Å². The van der Waals surface area contributed by atoms with Crippen LogP contribution in [0.25, 0.3) is 11.4 Å². The van der Waals surface area contributed by atoms with E-state index in [2.05, 4.69) is 34.6 Å². The predicted octanol–water partition coefficient (Wildman–Crippen LogP) is 2.92. The Bertz CT molecular complexity index is 889. The standard InChI is InChI=1S/C19H20FN5O/c1-13(2)14-7-9-15(10-8-14)19-22-24-25(23-19)12-18(26)21-11-16-5-3-4-6-17(16)20/h3-10,13H,11-12H2,1-2H3,(H,21,26). The molecule has 3 aromatic rings. The number of rotatable bonds is 6. The maximum atomic E-state index is 13.5. The summed E-state index contributed by atoms with van der Waals surface area (Å²) in [6, 6.07) is 14.3. The molecule has 6 nitrogen and oxygen atoms in total. The molecule has 0 spiro atoms. The zero-order valence-corrected chi connectivity index (χ0v) is 14.7. The second-order valence-corrected chi connectivity index (χ2v) is 6.29. The Morgan fingerprint density at radius 3 is 2.58 bits per heavy atom. The van der Waals surface area contributed by atoms with Crippen LogP contribution >= 0.6 is 0 Å². The molecule has 1 aromatic heterocycles. The molecule has 0 unspecified atom stereocenters. The van der Waals surface area contributed by atoms with Gasteiger partial charge in [0.25, 0.3) is 0 Å². The molecule has 26 heavy (non-hydrogen) atoms. The molecule has 0 atom stereocenters. The Labute approximate surface area is 151 Å². The second kappa shape index (κ2) is 7.86. The lowest BCUT2D eigenvalue weighted by atomic mass is 10.0. The molecule has 1 heterocycles. The quantitative estimate of drug-likeness (QED) is 0.739. The zero-order valence-electron chi connectivity index (χ0n) is 14.7. The first-order chi connectivity index (χ1) is 12.5. The lowest BCUT2D eigenvalue weighted by Crippen LogP contribution is -2.28. The Kier molecular flexibility index (Phi) is 5.36. The number of nitrogens with one attached hydrogen (secondary N) is 1. The highest BCUT2D eigenvalue weighted by Crippen LogP contribution is 2.19. The van der Waals surface area contributed by atoms with Gasteiger partial charge in [-0.25, -0.2) is 4.39 Å². The summed E-state index contributed by atoms with van der Waals surface area (Å²) in [6.45, 7) is 4.29. The number of aromatic nitrogens is 4. The van der Waals surface area contributed by atoms with E-state index < -0.39 is 0 Å². The number of carbonyl (C=O) groups excluding carboxylic acids is 1. The average molecular weight is 353 g/mol. The van der Waals surface area contributed by atoms with Crippen LogP contribution in [-0.2, 0) is 17.9 Å². The normalized spacial score (nSPS) is 10.9. The van der Waals surface area contributed by atoms with E-state index in [4.69, 9.17) is 0 Å². The molecule has 2 aromatic carbocycles. The van der Waals surface area contributed by atoms with E-state index in [1.54, 1.807) is 18.2 Å². The smallest absolute Gasteiger partial charge is 0.243 e. The molecule has 3 rings (SSSR count). The summed E-state index contributed by atoms with van der Waals surface area (Å²) in [6.07, 6.45) is 0. The van der Waals surface area contributed by atoms with E-state index >= 15 is 0 Å². The highest BCUT2D eigenvalue weighted by molar-refractivity contribution is 5.75. The number of hydrogen-bond acceptors (Lipinski definition) is 4. The average Bonchev–Trinajstić information content (AvgIpc) is 3.09. The van der Waals surface area contributed by atoms with Crippen molar-refractivity contribution in [2.24, 2.45) is 0 Å². The van der Waals surface area contributed by atoms with Crippen LogP contribution in [0.2, 0.25) is 0 Å². The molecular formula is C19H20FN5O. The Balaban J connectivity index is 1.59. The Morgan fingerprint density at radius 1 is 1.15 bits per heavy atom. The lowest BCUT2D eigenvalue weighted by molar-refractivity contribution is -0.122. The maximum absolute atomic E-state index is 13.5. The number of tetrazole rings is 1. The summed E-state index contributed by atoms with van der Waals surface area (Å²) in [7, 11) is 0. The van der Waals surface area contributed by atoms with Crippen molar-refractivity contribution in [1.82, 2.24) is 25.5 Å². The highest BCUT2D eigenvalue weighted by atomic mass is 19.1. The van der Waals surface area contributed by atoms with Gasteiger partial charge < -0.3 is 5.32 Å². The van der Waals surface area contributed by atoms with Crippen molar-refractivity contribution in [1.29, 1.82) is 0 Å². The van der Waals surface area contributed by atoms with Crippen molar-refractivity contribution < 1.29 is 9.18 Å². The number of hydrogen-bond donors (Lipinski definition) is 1. The first kappa shape index (κ1) is 17.7. The van der Waals surface area contributed by atoms with Crippen LogP contribution in [0.4, 0.5) is 4.39 Å². The summed E-state index contributed by atoms with van der Waals surface area (Å²) in [4.78, 5) is 13.2. The fourth-order valence-electron chi connectivity index (χ4n) is 2.46. The van der Waals surface area contributed by atoms with Gasteiger partial charge in [0.2, 0.25) is 11.7 Å². The third-order valence-electron chi connectivity index (χ3n) is 4.01. The molecule has 0 saturated heterocycles. The largest absolute Gasteiger partial charge is 0.350 e. The molecule has 0 saturated carbocycles. The van der Waals surface area contributed by atoms with Gasteiger partial charge in [-0.2, -0.15) is 4.80 Å². The molecule has 0 aliphatic carbocycles. The number of nitrogens with zero attached hydrogens (tertiary/aromatic N) is 4. The summed E-state index contributed by atoms with van der Waals surface area (Å²) in [5.41, 5.74) is 2.50. The van der Waals surface area contributed by atoms with Crippen molar-refractivity contribution in [2.75, 3.05) is 0 Å². The van der Waals surface area contributed by atoms with Crippen LogP contribution in [0, 0.1) is 5.82 Å². The minimum Gasteiger partial charge on any atom is -0.350 e. The predicted molar refractivity (Wildman–Crippen MR) is 95.6 cm³/mol. The van der Waals surface area contributed by atoms with Crippen LogP contribution in [-0.4, -0.2) is 26.1 Å². The van der Waals surface area contributed by atoms with Crippen LogP contribution in [0.1, 0.15) is 30.9 Å². The Morgan fingerprint density at radius 2 is 1.88 bits per heavy atom. The van der Waals surface area contributed by atoms with Crippen LogP contribution in [0.5, 0.6) is 0 Å². The highest BCUT2D eigenvalue weighted by Gasteiger charge is 2.10. The molecule has 7 heteroatoms. The molecular weight excluding hydrogens is 333 g/mol. The maximum Gasteiger partial charge on any atom is 0.243 e. The van der Waals surface area contributed by atoms with Gasteiger partial charge in [0.1, 0.15) is 12.4 Å². The topological polar surface area (TPSA) is 72.7 Å². The molecule has 0 aliphatic heterocycles. The van der Waals surface area contributed by atoms with Crippen molar-refractivity contribution in [3.05, 3.63) is 65.5 Å². The number of carbonyl (C=O) groups is 1. The zero-order chi connectivity index (χ0) is 18.5. The van der Waals surface area contributed by atoms with Gasteiger partial charge in [0.05, 0.1) is 0 Å².